The Morgan fingerprint density at radius 1 is 1.57 bits per heavy atom. The van der Waals surface area contributed by atoms with Gasteiger partial charge in [0.15, 0.2) is 11.8 Å². The molecule has 0 N–H and O–H groups in total. The van der Waals surface area contributed by atoms with Crippen LogP contribution in [0.25, 0.3) is 0 Å². The summed E-state index contributed by atoms with van der Waals surface area (Å²) in [6, 6.07) is 0. The van der Waals surface area contributed by atoms with Crippen LogP contribution in [0, 0.1) is 0 Å². The van der Waals surface area contributed by atoms with E-state index in [1.165, 1.54) is 12.3 Å². The van der Waals surface area contributed by atoms with Crippen molar-refractivity contribution in [2.24, 2.45) is 0 Å². The van der Waals surface area contributed by atoms with Crippen LogP contribution in [0.2, 0.25) is 0 Å². The number of hydrogen-bond donors (Lipinski definition) is 0. The van der Waals surface area contributed by atoms with Gasteiger partial charge in [-0.3, -0.25) is 9.68 Å². The lowest BCUT2D eigenvalue weighted by Crippen LogP contribution is -2.38. The third kappa shape index (κ3) is 1.31. The SMILES string of the molecule is COC(=O)C1CC2(OC)CCON2O1. The van der Waals surface area contributed by atoms with Crippen LogP contribution in [0.15, 0.2) is 0 Å². The average Bonchev–Trinajstić information content (AvgIpc) is 2.72. The number of carbonyl (C=O) groups is 1. The number of ether oxygens (including phenoxy) is 2. The lowest BCUT2D eigenvalue weighted by Gasteiger charge is -2.24. The maximum absolute atomic E-state index is 11.2. The summed E-state index contributed by atoms with van der Waals surface area (Å²) < 4.78 is 9.90. The van der Waals surface area contributed by atoms with Gasteiger partial charge < -0.3 is 9.47 Å². The lowest BCUT2D eigenvalue weighted by molar-refractivity contribution is -0.389. The number of carbonyl (C=O) groups excluding carboxylic acids is 1. The fraction of sp³-hybridized carbons (Fsp3) is 0.875. The van der Waals surface area contributed by atoms with E-state index in [0.29, 0.717) is 19.4 Å². The summed E-state index contributed by atoms with van der Waals surface area (Å²) in [7, 11) is 2.90. The Kier molecular flexibility index (Phi) is 2.44. The highest BCUT2D eigenvalue weighted by atomic mass is 17.0. The van der Waals surface area contributed by atoms with Gasteiger partial charge in [-0.05, 0) is 5.23 Å². The molecule has 0 amide bonds. The Bertz CT molecular complexity index is 246. The van der Waals surface area contributed by atoms with Crippen molar-refractivity contribution in [3.63, 3.8) is 0 Å². The highest BCUT2D eigenvalue weighted by molar-refractivity contribution is 5.74. The summed E-state index contributed by atoms with van der Waals surface area (Å²) >= 11 is 0. The number of hydroxylamine groups is 2. The highest BCUT2D eigenvalue weighted by Gasteiger charge is 2.55. The molecule has 80 valence electrons. The van der Waals surface area contributed by atoms with Crippen LogP contribution >= 0.6 is 0 Å². The largest absolute Gasteiger partial charge is 0.467 e. The van der Waals surface area contributed by atoms with Gasteiger partial charge in [0.25, 0.3) is 0 Å². The van der Waals surface area contributed by atoms with Crippen molar-refractivity contribution in [1.29, 1.82) is 0 Å². The molecule has 0 spiro atoms. The number of fused-ring (bicyclic) bond motifs is 1. The molecule has 2 unspecified atom stereocenters. The monoisotopic (exact) mass is 203 g/mol. The van der Waals surface area contributed by atoms with E-state index < -0.39 is 17.8 Å². The predicted octanol–water partition coefficient (Wildman–Crippen LogP) is -0.157. The molecule has 14 heavy (non-hydrogen) atoms. The minimum absolute atomic E-state index is 0.403. The zero-order valence-corrected chi connectivity index (χ0v) is 8.19. The van der Waals surface area contributed by atoms with Gasteiger partial charge in [0.1, 0.15) is 0 Å². The van der Waals surface area contributed by atoms with Gasteiger partial charge in [-0.15, -0.1) is 0 Å². The standard InChI is InChI=1S/C8H13NO5/c1-11-7(10)6-5-8(12-2)3-4-13-9(8)14-6/h6H,3-5H2,1-2H3. The first-order valence-electron chi connectivity index (χ1n) is 4.45. The molecule has 2 fully saturated rings. The molecular weight excluding hydrogens is 190 g/mol. The molecule has 0 aromatic carbocycles. The Balaban J connectivity index is 2.08. The number of esters is 1. The smallest absolute Gasteiger partial charge is 0.337 e. The summed E-state index contributed by atoms with van der Waals surface area (Å²) in [5.74, 6) is -0.403. The van der Waals surface area contributed by atoms with Crippen molar-refractivity contribution in [3.05, 3.63) is 0 Å². The van der Waals surface area contributed by atoms with Crippen molar-refractivity contribution >= 4 is 5.97 Å². The van der Waals surface area contributed by atoms with Gasteiger partial charge in [-0.25, -0.2) is 4.79 Å². The molecule has 2 saturated heterocycles. The molecule has 2 aliphatic rings. The van der Waals surface area contributed by atoms with Crippen molar-refractivity contribution < 1.29 is 23.9 Å². The first-order valence-corrected chi connectivity index (χ1v) is 4.45. The Morgan fingerprint density at radius 2 is 2.36 bits per heavy atom. The van der Waals surface area contributed by atoms with E-state index in [1.807, 2.05) is 0 Å². The molecule has 0 aromatic heterocycles. The van der Waals surface area contributed by atoms with Gasteiger partial charge in [0.2, 0.25) is 0 Å². The number of nitrogens with zero attached hydrogens (tertiary/aromatic N) is 1. The fourth-order valence-corrected chi connectivity index (χ4v) is 1.76. The minimum Gasteiger partial charge on any atom is -0.467 e. The normalized spacial score (nSPS) is 37.1. The van der Waals surface area contributed by atoms with Gasteiger partial charge >= 0.3 is 5.97 Å². The van der Waals surface area contributed by atoms with Crippen molar-refractivity contribution in [2.75, 3.05) is 20.8 Å². The van der Waals surface area contributed by atoms with Gasteiger partial charge in [-0.1, -0.05) is 0 Å². The molecule has 0 bridgehead atoms. The number of rotatable bonds is 2. The lowest BCUT2D eigenvalue weighted by atomic mass is 10.0. The molecule has 2 aliphatic heterocycles. The highest BCUT2D eigenvalue weighted by Crippen LogP contribution is 2.39. The summed E-state index contributed by atoms with van der Waals surface area (Å²) in [6.45, 7) is 0.543. The van der Waals surface area contributed by atoms with Crippen molar-refractivity contribution in [2.45, 2.75) is 24.7 Å². The number of hydrogen-bond acceptors (Lipinski definition) is 6. The maximum atomic E-state index is 11.2. The van der Waals surface area contributed by atoms with Crippen LogP contribution in [0.5, 0.6) is 0 Å². The van der Waals surface area contributed by atoms with E-state index >= 15 is 0 Å². The van der Waals surface area contributed by atoms with E-state index in [2.05, 4.69) is 4.74 Å². The van der Waals surface area contributed by atoms with E-state index in [0.717, 1.165) is 0 Å². The molecule has 6 nitrogen and oxygen atoms in total. The van der Waals surface area contributed by atoms with E-state index in [-0.39, 0.29) is 0 Å². The summed E-state index contributed by atoms with van der Waals surface area (Å²) in [5.41, 5.74) is -0.612. The average molecular weight is 203 g/mol. The summed E-state index contributed by atoms with van der Waals surface area (Å²) in [6.07, 6.45) is 0.507. The zero-order valence-electron chi connectivity index (χ0n) is 8.19. The summed E-state index contributed by atoms with van der Waals surface area (Å²) in [5, 5.41) is 1.27. The van der Waals surface area contributed by atoms with E-state index in [9.17, 15) is 4.79 Å². The van der Waals surface area contributed by atoms with Crippen molar-refractivity contribution in [1.82, 2.24) is 5.23 Å². The molecule has 2 heterocycles. The molecule has 0 aromatic rings. The molecule has 6 heteroatoms. The molecule has 2 rings (SSSR count). The topological polar surface area (TPSA) is 57.2 Å². The third-order valence-electron chi connectivity index (χ3n) is 2.61. The first kappa shape index (κ1) is 9.85. The quantitative estimate of drug-likeness (QED) is 0.581. The Labute approximate surface area is 81.6 Å². The van der Waals surface area contributed by atoms with Crippen LogP contribution < -0.4 is 0 Å². The van der Waals surface area contributed by atoms with Crippen molar-refractivity contribution in [3.8, 4) is 0 Å². The number of methoxy groups -OCH3 is 2. The zero-order chi connectivity index (χ0) is 10.2. The molecule has 0 saturated carbocycles. The third-order valence-corrected chi connectivity index (χ3v) is 2.61. The van der Waals surface area contributed by atoms with Crippen LogP contribution in [0.3, 0.4) is 0 Å². The van der Waals surface area contributed by atoms with Gasteiger partial charge in [-0.2, -0.15) is 0 Å². The van der Waals surface area contributed by atoms with Gasteiger partial charge in [0.05, 0.1) is 13.7 Å². The fourth-order valence-electron chi connectivity index (χ4n) is 1.76. The second kappa shape index (κ2) is 3.47. The Morgan fingerprint density at radius 3 is 2.93 bits per heavy atom. The molecule has 0 radical (unpaired) electrons. The minimum atomic E-state index is -0.625. The molecule has 2 atom stereocenters. The molecular formula is C8H13NO5. The van der Waals surface area contributed by atoms with Crippen LogP contribution in [0.1, 0.15) is 12.8 Å². The van der Waals surface area contributed by atoms with Crippen LogP contribution in [-0.2, 0) is 23.9 Å². The van der Waals surface area contributed by atoms with Crippen LogP contribution in [-0.4, -0.2) is 43.9 Å². The maximum Gasteiger partial charge on any atom is 0.337 e. The summed E-state index contributed by atoms with van der Waals surface area (Å²) in [4.78, 5) is 21.6. The first-order chi connectivity index (χ1) is 6.72. The van der Waals surface area contributed by atoms with Crippen LogP contribution in [0.4, 0.5) is 0 Å². The van der Waals surface area contributed by atoms with E-state index in [4.69, 9.17) is 14.4 Å². The van der Waals surface area contributed by atoms with E-state index in [1.54, 1.807) is 7.11 Å². The predicted molar refractivity (Wildman–Crippen MR) is 43.7 cm³/mol. The second-order valence-corrected chi connectivity index (χ2v) is 3.31. The van der Waals surface area contributed by atoms with Gasteiger partial charge in [0, 0.05) is 20.0 Å². The second-order valence-electron chi connectivity index (χ2n) is 3.31. The molecule has 0 aliphatic carbocycles. The Hall–Kier alpha value is -0.690.